The van der Waals surface area contributed by atoms with Gasteiger partial charge in [-0.05, 0) is 35.2 Å². The maximum Gasteiger partial charge on any atom is 0.224 e. The first-order chi connectivity index (χ1) is 12.3. The third kappa shape index (κ3) is 3.48. The van der Waals surface area contributed by atoms with E-state index in [1.54, 1.807) is 0 Å². The van der Waals surface area contributed by atoms with Crippen molar-refractivity contribution in [3.63, 3.8) is 0 Å². The molecule has 0 aliphatic carbocycles. The number of pyridine rings is 1. The number of para-hydroxylation sites is 1. The number of ether oxygens (including phenoxy) is 1. The summed E-state index contributed by atoms with van der Waals surface area (Å²) in [5.74, 6) is 1.000. The summed E-state index contributed by atoms with van der Waals surface area (Å²) in [5, 5.41) is 4.15. The summed E-state index contributed by atoms with van der Waals surface area (Å²) in [6, 6.07) is 16.2. The van der Waals surface area contributed by atoms with Gasteiger partial charge in [-0.1, -0.05) is 36.4 Å². The number of nitrogens with one attached hydrogen (secondary N) is 1. The van der Waals surface area contributed by atoms with Gasteiger partial charge in [-0.3, -0.25) is 9.78 Å². The van der Waals surface area contributed by atoms with Crippen LogP contribution < -0.4 is 10.1 Å². The van der Waals surface area contributed by atoms with Gasteiger partial charge < -0.3 is 10.1 Å². The second-order valence-corrected chi connectivity index (χ2v) is 6.31. The Labute approximate surface area is 146 Å². The van der Waals surface area contributed by atoms with Crippen LogP contribution in [0.2, 0.25) is 0 Å². The number of rotatable bonds is 5. The molecule has 0 unspecified atom stereocenters. The fourth-order valence-corrected chi connectivity index (χ4v) is 3.30. The third-order valence-electron chi connectivity index (χ3n) is 4.55. The van der Waals surface area contributed by atoms with E-state index >= 15 is 0 Å². The van der Waals surface area contributed by atoms with Gasteiger partial charge in [0.15, 0.2) is 0 Å². The molecule has 2 heterocycles. The summed E-state index contributed by atoms with van der Waals surface area (Å²) >= 11 is 0. The topological polar surface area (TPSA) is 51.2 Å². The predicted molar refractivity (Wildman–Crippen MR) is 97.8 cm³/mol. The largest absolute Gasteiger partial charge is 0.493 e. The molecule has 1 aliphatic heterocycles. The van der Waals surface area contributed by atoms with E-state index < -0.39 is 0 Å². The van der Waals surface area contributed by atoms with E-state index in [2.05, 4.69) is 34.6 Å². The Hall–Kier alpha value is -2.88. The molecule has 0 saturated heterocycles. The van der Waals surface area contributed by atoms with Crippen molar-refractivity contribution in [2.24, 2.45) is 0 Å². The van der Waals surface area contributed by atoms with Gasteiger partial charge in [0.2, 0.25) is 5.91 Å². The molecule has 4 rings (SSSR count). The minimum atomic E-state index is 0.0482. The fourth-order valence-electron chi connectivity index (χ4n) is 3.30. The fraction of sp³-hybridized carbons (Fsp3) is 0.238. The minimum absolute atomic E-state index is 0.0482. The van der Waals surface area contributed by atoms with Gasteiger partial charge in [-0.2, -0.15) is 0 Å². The van der Waals surface area contributed by atoms with Gasteiger partial charge in [0.1, 0.15) is 5.75 Å². The molecule has 0 bridgehead atoms. The molecule has 0 saturated carbocycles. The van der Waals surface area contributed by atoms with E-state index in [-0.39, 0.29) is 5.91 Å². The number of amides is 1. The monoisotopic (exact) mass is 332 g/mol. The Kier molecular flexibility index (Phi) is 4.34. The summed E-state index contributed by atoms with van der Waals surface area (Å²) in [4.78, 5) is 16.7. The maximum atomic E-state index is 12.2. The van der Waals surface area contributed by atoms with Gasteiger partial charge >= 0.3 is 0 Å². The average Bonchev–Trinajstić information content (AvgIpc) is 3.10. The quantitative estimate of drug-likeness (QED) is 0.781. The molecule has 25 heavy (non-hydrogen) atoms. The number of aromatic nitrogens is 1. The maximum absolute atomic E-state index is 12.2. The Bertz CT molecular complexity index is 915. The first kappa shape index (κ1) is 15.6. The lowest BCUT2D eigenvalue weighted by Crippen LogP contribution is -2.27. The van der Waals surface area contributed by atoms with Gasteiger partial charge in [0.25, 0.3) is 0 Å². The van der Waals surface area contributed by atoms with E-state index in [0.717, 1.165) is 47.2 Å². The zero-order valence-electron chi connectivity index (χ0n) is 14.0. The van der Waals surface area contributed by atoms with Crippen molar-refractivity contribution in [1.29, 1.82) is 0 Å². The van der Waals surface area contributed by atoms with Crippen molar-refractivity contribution >= 4 is 16.8 Å². The van der Waals surface area contributed by atoms with E-state index in [1.165, 1.54) is 5.56 Å². The van der Waals surface area contributed by atoms with E-state index in [1.807, 2.05) is 30.5 Å². The van der Waals surface area contributed by atoms with Crippen molar-refractivity contribution in [2.45, 2.75) is 19.3 Å². The second-order valence-electron chi connectivity index (χ2n) is 6.31. The lowest BCUT2D eigenvalue weighted by atomic mass is 10.1. The molecular weight excluding hydrogens is 312 g/mol. The van der Waals surface area contributed by atoms with Crippen molar-refractivity contribution in [3.05, 3.63) is 71.4 Å². The smallest absolute Gasteiger partial charge is 0.224 e. The average molecular weight is 332 g/mol. The van der Waals surface area contributed by atoms with Crippen LogP contribution in [0.4, 0.5) is 0 Å². The summed E-state index contributed by atoms with van der Waals surface area (Å²) in [6.07, 6.45) is 3.92. The minimum Gasteiger partial charge on any atom is -0.493 e. The highest BCUT2D eigenvalue weighted by atomic mass is 16.5. The first-order valence-electron chi connectivity index (χ1n) is 8.63. The van der Waals surface area contributed by atoms with E-state index in [9.17, 15) is 4.79 Å². The molecule has 1 N–H and O–H groups in total. The lowest BCUT2D eigenvalue weighted by molar-refractivity contribution is -0.120. The number of hydrogen-bond donors (Lipinski definition) is 1. The molecule has 0 atom stereocenters. The highest BCUT2D eigenvalue weighted by molar-refractivity contribution is 5.82. The summed E-state index contributed by atoms with van der Waals surface area (Å²) in [7, 11) is 0. The van der Waals surface area contributed by atoms with Crippen LogP contribution in [-0.2, 0) is 24.1 Å². The molecular formula is C21H20N2O2. The molecule has 2 aromatic carbocycles. The normalized spacial score (nSPS) is 12.6. The van der Waals surface area contributed by atoms with Crippen LogP contribution in [0, 0.1) is 0 Å². The third-order valence-corrected chi connectivity index (χ3v) is 4.55. The van der Waals surface area contributed by atoms with Gasteiger partial charge in [-0.25, -0.2) is 0 Å². The Morgan fingerprint density at radius 3 is 3.04 bits per heavy atom. The lowest BCUT2D eigenvalue weighted by Gasteiger charge is -2.08. The van der Waals surface area contributed by atoms with Gasteiger partial charge in [-0.15, -0.1) is 0 Å². The van der Waals surface area contributed by atoms with Crippen molar-refractivity contribution < 1.29 is 9.53 Å². The number of hydrogen-bond acceptors (Lipinski definition) is 3. The molecule has 4 heteroatoms. The molecule has 0 fully saturated rings. The van der Waals surface area contributed by atoms with Crippen molar-refractivity contribution in [2.75, 3.05) is 13.2 Å². The van der Waals surface area contributed by atoms with Crippen LogP contribution in [0.5, 0.6) is 5.75 Å². The predicted octanol–water partition coefficient (Wildman–Crippen LogP) is 3.07. The van der Waals surface area contributed by atoms with Crippen LogP contribution in [0.15, 0.2) is 54.7 Å². The Morgan fingerprint density at radius 1 is 1.16 bits per heavy atom. The molecule has 126 valence electrons. The summed E-state index contributed by atoms with van der Waals surface area (Å²) < 4.78 is 5.50. The molecule has 1 aromatic heterocycles. The molecule has 3 aromatic rings. The molecule has 4 nitrogen and oxygen atoms in total. The molecule has 0 radical (unpaired) electrons. The van der Waals surface area contributed by atoms with Gasteiger partial charge in [0.05, 0.1) is 18.5 Å². The Morgan fingerprint density at radius 2 is 2.08 bits per heavy atom. The van der Waals surface area contributed by atoms with Crippen molar-refractivity contribution in [1.82, 2.24) is 10.3 Å². The van der Waals surface area contributed by atoms with Gasteiger partial charge in [0, 0.05) is 24.5 Å². The summed E-state index contributed by atoms with van der Waals surface area (Å²) in [5.41, 5.74) is 4.41. The van der Waals surface area contributed by atoms with E-state index in [0.29, 0.717) is 13.0 Å². The number of fused-ring (bicyclic) bond motifs is 2. The van der Waals surface area contributed by atoms with Crippen LogP contribution >= 0.6 is 0 Å². The van der Waals surface area contributed by atoms with E-state index in [4.69, 9.17) is 4.74 Å². The SMILES string of the molecule is O=C(Cc1ccc2c(c1)CCO2)NCCc1cccc2cccnc12. The standard InChI is InChI=1S/C21H20N2O2/c24-20(14-15-6-7-19-18(13-15)9-12-25-19)22-11-8-17-4-1-3-16-5-2-10-23-21(16)17/h1-7,10,13H,8-9,11-12,14H2,(H,22,24). The van der Waals surface area contributed by atoms with Crippen LogP contribution in [0.1, 0.15) is 16.7 Å². The zero-order valence-corrected chi connectivity index (χ0v) is 14.0. The highest BCUT2D eigenvalue weighted by Crippen LogP contribution is 2.26. The van der Waals surface area contributed by atoms with Crippen LogP contribution in [0.25, 0.3) is 10.9 Å². The molecule has 0 spiro atoms. The number of carbonyl (C=O) groups excluding carboxylic acids is 1. The highest BCUT2D eigenvalue weighted by Gasteiger charge is 2.13. The second kappa shape index (κ2) is 6.93. The van der Waals surface area contributed by atoms with Crippen molar-refractivity contribution in [3.8, 4) is 5.75 Å². The number of nitrogens with zero attached hydrogens (tertiary/aromatic N) is 1. The number of carbonyl (C=O) groups is 1. The van der Waals surface area contributed by atoms with Crippen LogP contribution in [0.3, 0.4) is 0 Å². The van der Waals surface area contributed by atoms with Crippen LogP contribution in [-0.4, -0.2) is 24.0 Å². The summed E-state index contributed by atoms with van der Waals surface area (Å²) in [6.45, 7) is 1.35. The number of benzene rings is 2. The first-order valence-corrected chi connectivity index (χ1v) is 8.63. The zero-order chi connectivity index (χ0) is 17.1. The Balaban J connectivity index is 1.34. The molecule has 1 aliphatic rings. The molecule has 1 amide bonds.